The standard InChI is InChI=1S/C22H26FNO2S/c1-13(2)17-10-16(23)11-18(14(3)4)19(17)12-21(25)24-27-22-9-15-7-5-6-8-20(15)26-22/h6,8-11,13-14H,5,7,12H2,1-4H3,(H,24,25). The number of allylic oxidation sites excluding steroid dienone is 1. The molecule has 1 aromatic heterocycles. The summed E-state index contributed by atoms with van der Waals surface area (Å²) in [6.07, 6.45) is 6.29. The van der Waals surface area contributed by atoms with E-state index in [-0.39, 0.29) is 30.0 Å². The minimum absolute atomic E-state index is 0.111. The van der Waals surface area contributed by atoms with Crippen molar-refractivity contribution < 1.29 is 13.6 Å². The fourth-order valence-corrected chi connectivity index (χ4v) is 4.07. The van der Waals surface area contributed by atoms with Gasteiger partial charge in [0.15, 0.2) is 5.09 Å². The Bertz CT molecular complexity index is 838. The number of halogens is 1. The van der Waals surface area contributed by atoms with Crippen LogP contribution in [-0.4, -0.2) is 5.91 Å². The normalized spacial score (nSPS) is 13.3. The minimum atomic E-state index is -0.241. The molecule has 3 rings (SSSR count). The monoisotopic (exact) mass is 387 g/mol. The van der Waals surface area contributed by atoms with Gasteiger partial charge >= 0.3 is 0 Å². The van der Waals surface area contributed by atoms with Crippen molar-refractivity contribution in [1.29, 1.82) is 0 Å². The molecular formula is C22H26FNO2S. The number of aryl methyl sites for hydroxylation is 1. The Kier molecular flexibility index (Phi) is 6.10. The summed E-state index contributed by atoms with van der Waals surface area (Å²) in [7, 11) is 0. The van der Waals surface area contributed by atoms with Crippen molar-refractivity contribution in [3.05, 3.63) is 58.1 Å². The number of nitrogens with one attached hydrogen (secondary N) is 1. The first-order chi connectivity index (χ1) is 12.8. The zero-order valence-corrected chi connectivity index (χ0v) is 17.1. The molecule has 1 aliphatic carbocycles. The molecule has 0 fully saturated rings. The first-order valence-corrected chi connectivity index (χ1v) is 10.2. The van der Waals surface area contributed by atoms with Crippen LogP contribution in [0.25, 0.3) is 6.08 Å². The van der Waals surface area contributed by atoms with E-state index >= 15 is 0 Å². The summed E-state index contributed by atoms with van der Waals surface area (Å²) >= 11 is 1.20. The lowest BCUT2D eigenvalue weighted by atomic mass is 9.87. The van der Waals surface area contributed by atoms with Gasteiger partial charge in [0.1, 0.15) is 11.6 Å². The molecule has 1 heterocycles. The second-order valence-corrected chi connectivity index (χ2v) is 8.38. The van der Waals surface area contributed by atoms with Crippen LogP contribution in [0.5, 0.6) is 0 Å². The maximum atomic E-state index is 14.0. The number of rotatable bonds is 6. The van der Waals surface area contributed by atoms with Crippen molar-refractivity contribution in [2.75, 3.05) is 0 Å². The summed E-state index contributed by atoms with van der Waals surface area (Å²) in [6, 6.07) is 5.10. The smallest absolute Gasteiger partial charge is 0.234 e. The van der Waals surface area contributed by atoms with Gasteiger partial charge in [0.2, 0.25) is 5.91 Å². The number of benzene rings is 1. The number of amides is 1. The van der Waals surface area contributed by atoms with Gasteiger partial charge in [-0.15, -0.1) is 0 Å². The average Bonchev–Trinajstić information content (AvgIpc) is 3.03. The number of fused-ring (bicyclic) bond motifs is 1. The maximum absolute atomic E-state index is 14.0. The van der Waals surface area contributed by atoms with Crippen molar-refractivity contribution in [3.8, 4) is 0 Å². The van der Waals surface area contributed by atoms with Crippen molar-refractivity contribution in [1.82, 2.24) is 4.72 Å². The highest BCUT2D eigenvalue weighted by atomic mass is 32.2. The van der Waals surface area contributed by atoms with Gasteiger partial charge in [0.05, 0.1) is 6.42 Å². The van der Waals surface area contributed by atoms with Crippen LogP contribution < -0.4 is 4.72 Å². The minimum Gasteiger partial charge on any atom is -0.448 e. The quantitative estimate of drug-likeness (QED) is 0.619. The molecule has 1 aromatic carbocycles. The lowest BCUT2D eigenvalue weighted by Crippen LogP contribution is -2.20. The molecule has 0 saturated heterocycles. The highest BCUT2D eigenvalue weighted by Gasteiger charge is 2.19. The molecule has 0 radical (unpaired) electrons. The van der Waals surface area contributed by atoms with E-state index in [0.717, 1.165) is 35.3 Å². The van der Waals surface area contributed by atoms with Crippen LogP contribution in [0, 0.1) is 5.82 Å². The molecule has 1 aliphatic rings. The molecule has 1 amide bonds. The molecule has 0 aliphatic heterocycles. The summed E-state index contributed by atoms with van der Waals surface area (Å²) < 4.78 is 22.7. The number of carbonyl (C=O) groups is 1. The van der Waals surface area contributed by atoms with E-state index in [2.05, 4.69) is 10.8 Å². The molecule has 0 spiro atoms. The average molecular weight is 388 g/mol. The van der Waals surface area contributed by atoms with Gasteiger partial charge in [-0.3, -0.25) is 9.52 Å². The molecule has 3 nitrogen and oxygen atoms in total. The third-order valence-electron chi connectivity index (χ3n) is 4.80. The number of hydrogen-bond acceptors (Lipinski definition) is 3. The van der Waals surface area contributed by atoms with E-state index in [1.54, 1.807) is 12.1 Å². The molecule has 144 valence electrons. The Morgan fingerprint density at radius 1 is 1.19 bits per heavy atom. The van der Waals surface area contributed by atoms with Gasteiger partial charge in [0, 0.05) is 11.9 Å². The number of carbonyl (C=O) groups excluding carboxylic acids is 1. The van der Waals surface area contributed by atoms with E-state index in [0.29, 0.717) is 5.09 Å². The summed E-state index contributed by atoms with van der Waals surface area (Å²) in [6.45, 7) is 8.09. The molecule has 27 heavy (non-hydrogen) atoms. The van der Waals surface area contributed by atoms with Crippen LogP contribution in [-0.2, 0) is 17.6 Å². The van der Waals surface area contributed by atoms with Crippen molar-refractivity contribution >= 4 is 23.9 Å². The van der Waals surface area contributed by atoms with Crippen LogP contribution in [0.3, 0.4) is 0 Å². The van der Waals surface area contributed by atoms with E-state index in [4.69, 9.17) is 4.42 Å². The van der Waals surface area contributed by atoms with E-state index in [1.807, 2.05) is 39.8 Å². The van der Waals surface area contributed by atoms with Crippen molar-refractivity contribution in [2.45, 2.75) is 63.9 Å². The fraction of sp³-hybridized carbons (Fsp3) is 0.409. The van der Waals surface area contributed by atoms with E-state index in [9.17, 15) is 9.18 Å². The van der Waals surface area contributed by atoms with Crippen LogP contribution in [0.4, 0.5) is 4.39 Å². The lowest BCUT2D eigenvalue weighted by Gasteiger charge is -2.19. The second-order valence-electron chi connectivity index (χ2n) is 7.57. The van der Waals surface area contributed by atoms with Crippen molar-refractivity contribution in [2.24, 2.45) is 0 Å². The second kappa shape index (κ2) is 8.34. The zero-order chi connectivity index (χ0) is 19.6. The Hall–Kier alpha value is -2.01. The number of hydrogen-bond donors (Lipinski definition) is 1. The van der Waals surface area contributed by atoms with Gasteiger partial charge in [-0.25, -0.2) is 4.39 Å². The fourth-order valence-electron chi connectivity index (χ4n) is 3.45. The third kappa shape index (κ3) is 4.64. The Labute approximate surface area is 164 Å². The van der Waals surface area contributed by atoms with E-state index in [1.165, 1.54) is 17.5 Å². The number of furan rings is 1. The highest BCUT2D eigenvalue weighted by Crippen LogP contribution is 2.31. The zero-order valence-electron chi connectivity index (χ0n) is 16.3. The topological polar surface area (TPSA) is 42.2 Å². The molecule has 5 heteroatoms. The molecule has 0 unspecified atom stereocenters. The van der Waals surface area contributed by atoms with Gasteiger partial charge in [-0.05, 0) is 71.2 Å². The first kappa shape index (κ1) is 19.7. The highest BCUT2D eigenvalue weighted by molar-refractivity contribution is 7.97. The van der Waals surface area contributed by atoms with Gasteiger partial charge in [0.25, 0.3) is 0 Å². The maximum Gasteiger partial charge on any atom is 0.234 e. The molecule has 1 N–H and O–H groups in total. The molecule has 0 bridgehead atoms. The predicted octanol–water partition coefficient (Wildman–Crippen LogP) is 5.99. The largest absolute Gasteiger partial charge is 0.448 e. The Balaban J connectivity index is 1.73. The van der Waals surface area contributed by atoms with Crippen LogP contribution in [0.2, 0.25) is 0 Å². The van der Waals surface area contributed by atoms with Gasteiger partial charge in [-0.2, -0.15) is 0 Å². The summed E-state index contributed by atoms with van der Waals surface area (Å²) in [4.78, 5) is 12.6. The van der Waals surface area contributed by atoms with Crippen LogP contribution in [0.1, 0.15) is 74.0 Å². The van der Waals surface area contributed by atoms with Gasteiger partial charge < -0.3 is 4.42 Å². The molecule has 0 saturated carbocycles. The van der Waals surface area contributed by atoms with Crippen LogP contribution >= 0.6 is 11.9 Å². The lowest BCUT2D eigenvalue weighted by molar-refractivity contribution is -0.118. The Morgan fingerprint density at radius 3 is 2.44 bits per heavy atom. The third-order valence-corrected chi connectivity index (χ3v) is 5.53. The van der Waals surface area contributed by atoms with Gasteiger partial charge in [-0.1, -0.05) is 33.8 Å². The van der Waals surface area contributed by atoms with Crippen molar-refractivity contribution in [3.63, 3.8) is 0 Å². The predicted molar refractivity (Wildman–Crippen MR) is 108 cm³/mol. The SMILES string of the molecule is CC(C)c1cc(F)cc(C(C)C)c1CC(=O)NSc1cc2c(o1)C=CCC2. The molecular weight excluding hydrogens is 361 g/mol. The molecule has 2 aromatic rings. The summed E-state index contributed by atoms with van der Waals surface area (Å²) in [5.41, 5.74) is 3.91. The summed E-state index contributed by atoms with van der Waals surface area (Å²) in [5.74, 6) is 0.825. The van der Waals surface area contributed by atoms with E-state index < -0.39 is 0 Å². The Morgan fingerprint density at radius 2 is 1.85 bits per heavy atom. The first-order valence-electron chi connectivity index (χ1n) is 9.42. The molecule has 0 atom stereocenters. The van der Waals surface area contributed by atoms with Crippen LogP contribution in [0.15, 0.2) is 33.8 Å². The summed E-state index contributed by atoms with van der Waals surface area (Å²) in [5, 5.41) is 0.687.